The topological polar surface area (TPSA) is 61.8 Å². The average Bonchev–Trinajstić information content (AvgIpc) is 2.83. The van der Waals surface area contributed by atoms with Gasteiger partial charge in [0, 0.05) is 33.7 Å². The largest absolute Gasteiger partial charge is 0.371 e. The minimum Gasteiger partial charge on any atom is -0.371 e. The van der Waals surface area contributed by atoms with Gasteiger partial charge in [-0.2, -0.15) is 0 Å². The molecule has 1 spiro atoms. The third-order valence-corrected chi connectivity index (χ3v) is 4.95. The van der Waals surface area contributed by atoms with Gasteiger partial charge < -0.3 is 14.5 Å². The lowest BCUT2D eigenvalue weighted by Gasteiger charge is -2.51. The molecule has 132 valence electrons. The highest BCUT2D eigenvalue weighted by molar-refractivity contribution is 5.76. The van der Waals surface area contributed by atoms with Crippen LogP contribution in [0.5, 0.6) is 0 Å². The Balaban J connectivity index is 1.48. The van der Waals surface area contributed by atoms with Crippen molar-refractivity contribution in [3.63, 3.8) is 0 Å². The third-order valence-electron chi connectivity index (χ3n) is 4.95. The number of hydrogen-bond donors (Lipinski definition) is 0. The van der Waals surface area contributed by atoms with Crippen molar-refractivity contribution in [2.45, 2.75) is 12.0 Å². The molecule has 2 fully saturated rings. The Morgan fingerprint density at radius 2 is 2.08 bits per heavy atom. The molecule has 0 radical (unpaired) electrons. The number of halogens is 1. The first-order chi connectivity index (χ1) is 11.4. The van der Waals surface area contributed by atoms with Crippen LogP contribution in [0, 0.1) is 11.7 Å². The van der Waals surface area contributed by atoms with Crippen molar-refractivity contribution in [3.8, 4) is 0 Å². The van der Waals surface area contributed by atoms with Crippen LogP contribution in [0.25, 0.3) is 0 Å². The number of carbonyl (C=O) groups excluding carboxylic acids is 1. The predicted octanol–water partition coefficient (Wildman–Crippen LogP) is 0.231. The smallest absolute Gasteiger partial charge is 0.248 e. The highest BCUT2D eigenvalue weighted by Crippen LogP contribution is 2.40. The van der Waals surface area contributed by atoms with Crippen molar-refractivity contribution in [2.24, 2.45) is 5.92 Å². The molecule has 3 heterocycles. The highest BCUT2D eigenvalue weighted by Gasteiger charge is 2.52. The summed E-state index contributed by atoms with van der Waals surface area (Å²) in [5, 5.41) is 0. The maximum Gasteiger partial charge on any atom is 0.248 e. The molecule has 1 unspecified atom stereocenters. The van der Waals surface area contributed by atoms with E-state index in [1.54, 1.807) is 14.1 Å². The second kappa shape index (κ2) is 6.60. The van der Waals surface area contributed by atoms with Crippen molar-refractivity contribution in [2.75, 3.05) is 58.9 Å². The summed E-state index contributed by atoms with van der Waals surface area (Å²) >= 11 is 0. The van der Waals surface area contributed by atoms with Gasteiger partial charge in [0.2, 0.25) is 11.9 Å². The number of amides is 1. The molecule has 3 rings (SSSR count). The Labute approximate surface area is 141 Å². The maximum atomic E-state index is 12.9. The number of hydrogen-bond acceptors (Lipinski definition) is 6. The summed E-state index contributed by atoms with van der Waals surface area (Å²) in [5.74, 6) is 0.559. The van der Waals surface area contributed by atoms with Gasteiger partial charge in [-0.15, -0.1) is 0 Å². The van der Waals surface area contributed by atoms with Crippen LogP contribution >= 0.6 is 0 Å². The lowest BCUT2D eigenvalue weighted by Crippen LogP contribution is -2.67. The van der Waals surface area contributed by atoms with Gasteiger partial charge in [0.1, 0.15) is 6.61 Å². The fraction of sp³-hybridized carbons (Fsp3) is 0.688. The summed E-state index contributed by atoms with van der Waals surface area (Å²) in [5.41, 5.74) is 0.108. The molecule has 0 N–H and O–H groups in total. The van der Waals surface area contributed by atoms with Gasteiger partial charge in [0.15, 0.2) is 5.82 Å². The molecule has 0 saturated carbocycles. The number of likely N-dealkylation sites (tertiary alicyclic amines) is 1. The first kappa shape index (κ1) is 17.0. The van der Waals surface area contributed by atoms with Crippen molar-refractivity contribution < 1.29 is 13.9 Å². The molecular formula is C16H24FN5O2. The van der Waals surface area contributed by atoms with Crippen LogP contribution in [-0.4, -0.2) is 85.2 Å². The molecule has 1 atom stereocenters. The van der Waals surface area contributed by atoms with Gasteiger partial charge in [0.05, 0.1) is 24.5 Å². The zero-order chi connectivity index (χ0) is 17.3. The van der Waals surface area contributed by atoms with Crippen LogP contribution in [-0.2, 0) is 9.53 Å². The molecule has 2 aliphatic heterocycles. The Morgan fingerprint density at radius 1 is 1.42 bits per heavy atom. The average molecular weight is 337 g/mol. The first-order valence-corrected chi connectivity index (χ1v) is 8.11. The Kier molecular flexibility index (Phi) is 4.69. The quantitative estimate of drug-likeness (QED) is 0.767. The van der Waals surface area contributed by atoms with Gasteiger partial charge in [0.25, 0.3) is 0 Å². The molecule has 8 heteroatoms. The first-order valence-electron chi connectivity index (χ1n) is 8.11. The molecule has 24 heavy (non-hydrogen) atoms. The molecule has 1 aromatic rings. The lowest BCUT2D eigenvalue weighted by molar-refractivity contribution is -0.133. The number of ether oxygens (including phenoxy) is 1. The summed E-state index contributed by atoms with van der Waals surface area (Å²) in [6, 6.07) is 0. The van der Waals surface area contributed by atoms with E-state index in [1.165, 1.54) is 17.3 Å². The Hall–Kier alpha value is -1.80. The number of carbonyl (C=O) groups is 1. The minimum atomic E-state index is -0.420. The number of aromatic nitrogens is 2. The zero-order valence-electron chi connectivity index (χ0n) is 14.4. The molecule has 0 aliphatic carbocycles. The van der Waals surface area contributed by atoms with Gasteiger partial charge in [-0.1, -0.05) is 0 Å². The van der Waals surface area contributed by atoms with Gasteiger partial charge in [-0.25, -0.2) is 14.4 Å². The highest BCUT2D eigenvalue weighted by atomic mass is 19.1. The van der Waals surface area contributed by atoms with E-state index in [0.29, 0.717) is 18.5 Å². The summed E-state index contributed by atoms with van der Waals surface area (Å²) in [6.45, 7) is 3.35. The van der Waals surface area contributed by atoms with Crippen LogP contribution in [0.2, 0.25) is 0 Å². The van der Waals surface area contributed by atoms with Crippen molar-refractivity contribution in [1.82, 2.24) is 19.8 Å². The maximum absolute atomic E-state index is 12.9. The van der Waals surface area contributed by atoms with E-state index in [-0.39, 0.29) is 18.1 Å². The molecule has 2 saturated heterocycles. The van der Waals surface area contributed by atoms with Gasteiger partial charge >= 0.3 is 0 Å². The van der Waals surface area contributed by atoms with E-state index in [9.17, 15) is 9.18 Å². The van der Waals surface area contributed by atoms with Crippen LogP contribution < -0.4 is 4.90 Å². The van der Waals surface area contributed by atoms with Gasteiger partial charge in [-0.3, -0.25) is 9.69 Å². The van der Waals surface area contributed by atoms with Crippen LogP contribution in [0.1, 0.15) is 6.42 Å². The van der Waals surface area contributed by atoms with Crippen LogP contribution in [0.3, 0.4) is 0 Å². The van der Waals surface area contributed by atoms with Crippen molar-refractivity contribution >= 4 is 11.9 Å². The summed E-state index contributed by atoms with van der Waals surface area (Å²) in [7, 11) is 5.57. The normalized spacial score (nSPS) is 22.7. The number of nitrogens with zero attached hydrogens (tertiary/aromatic N) is 5. The third kappa shape index (κ3) is 3.34. The van der Waals surface area contributed by atoms with Crippen molar-refractivity contribution in [3.05, 3.63) is 18.2 Å². The van der Waals surface area contributed by atoms with Crippen molar-refractivity contribution in [1.29, 1.82) is 0 Å². The van der Waals surface area contributed by atoms with E-state index >= 15 is 0 Å². The second-order valence-electron chi connectivity index (χ2n) is 7.04. The molecule has 2 aliphatic rings. The monoisotopic (exact) mass is 337 g/mol. The fourth-order valence-electron chi connectivity index (χ4n) is 3.54. The van der Waals surface area contributed by atoms with E-state index in [0.717, 1.165) is 26.1 Å². The molecule has 1 aromatic heterocycles. The SMILES string of the molecule is CN(C)C(=O)COCC1CN(C)C2(C1)CN(c1ncc(F)cn1)C2. The lowest BCUT2D eigenvalue weighted by atomic mass is 9.85. The number of likely N-dealkylation sites (N-methyl/N-ethyl adjacent to an activating group) is 2. The Morgan fingerprint density at radius 3 is 2.71 bits per heavy atom. The summed E-state index contributed by atoms with van der Waals surface area (Å²) in [6.07, 6.45) is 3.42. The predicted molar refractivity (Wildman–Crippen MR) is 87.2 cm³/mol. The number of rotatable bonds is 5. The van der Waals surface area contributed by atoms with Crippen LogP contribution in [0.4, 0.5) is 10.3 Å². The molecular weight excluding hydrogens is 313 g/mol. The second-order valence-corrected chi connectivity index (χ2v) is 7.04. The Bertz CT molecular complexity index is 589. The summed E-state index contributed by atoms with van der Waals surface area (Å²) in [4.78, 5) is 25.6. The fourth-order valence-corrected chi connectivity index (χ4v) is 3.54. The van der Waals surface area contributed by atoms with E-state index in [2.05, 4.69) is 26.8 Å². The minimum absolute atomic E-state index is 0.0145. The molecule has 1 amide bonds. The van der Waals surface area contributed by atoms with Gasteiger partial charge in [-0.05, 0) is 19.4 Å². The zero-order valence-corrected chi connectivity index (χ0v) is 14.4. The van der Waals surface area contributed by atoms with E-state index in [1.807, 2.05) is 0 Å². The van der Waals surface area contributed by atoms with E-state index in [4.69, 9.17) is 4.74 Å². The van der Waals surface area contributed by atoms with E-state index < -0.39 is 5.82 Å². The molecule has 7 nitrogen and oxygen atoms in total. The molecule has 0 aromatic carbocycles. The number of anilines is 1. The standard InChI is InChI=1S/C16H24FN5O2/c1-20(2)14(23)9-24-8-12-4-16(21(3)7-12)10-22(11-16)15-18-5-13(17)6-19-15/h5-6,12H,4,7-11H2,1-3H3. The molecule has 0 bridgehead atoms. The van der Waals surface area contributed by atoms with Crippen LogP contribution in [0.15, 0.2) is 12.4 Å². The summed E-state index contributed by atoms with van der Waals surface area (Å²) < 4.78 is 18.5.